The topological polar surface area (TPSA) is 62.0 Å². The van der Waals surface area contributed by atoms with Crippen LogP contribution >= 0.6 is 0 Å². The third-order valence-corrected chi connectivity index (χ3v) is 1.63. The van der Waals surface area contributed by atoms with Gasteiger partial charge in [0.25, 0.3) is 11.7 Å². The van der Waals surface area contributed by atoms with Gasteiger partial charge in [0.2, 0.25) is 0 Å². The number of hydrogen-bond donors (Lipinski definition) is 2. The van der Waals surface area contributed by atoms with E-state index >= 15 is 0 Å². The summed E-state index contributed by atoms with van der Waals surface area (Å²) in [5.41, 5.74) is 1.85. The van der Waals surface area contributed by atoms with Gasteiger partial charge in [0, 0.05) is 5.69 Å². The molecule has 0 fully saturated rings. The predicted octanol–water partition coefficient (Wildman–Crippen LogP) is 0.458. The molecule has 1 amide bonds. The van der Waals surface area contributed by atoms with Crippen molar-refractivity contribution < 1.29 is 9.59 Å². The zero-order valence-corrected chi connectivity index (χ0v) is 5.89. The lowest BCUT2D eigenvalue weighted by Gasteiger charge is -1.86. The number of ketones is 1. The lowest BCUT2D eigenvalue weighted by molar-refractivity contribution is -0.112. The monoisotopic (exact) mass is 150 g/mol. The highest BCUT2D eigenvalue weighted by atomic mass is 16.2. The van der Waals surface area contributed by atoms with Gasteiger partial charge in [-0.1, -0.05) is 0 Å². The molecule has 0 bridgehead atoms. The van der Waals surface area contributed by atoms with Crippen LogP contribution in [0, 0.1) is 6.92 Å². The molecule has 1 aliphatic rings. The average Bonchev–Trinajstić information content (AvgIpc) is 2.37. The van der Waals surface area contributed by atoms with Crippen molar-refractivity contribution in [2.75, 3.05) is 5.32 Å². The Kier molecular flexibility index (Phi) is 0.961. The Morgan fingerprint density at radius 1 is 1.36 bits per heavy atom. The molecule has 1 aromatic rings. The van der Waals surface area contributed by atoms with Crippen LogP contribution in [0.2, 0.25) is 0 Å². The molecule has 0 unspecified atom stereocenters. The van der Waals surface area contributed by atoms with Crippen molar-refractivity contribution in [3.05, 3.63) is 17.5 Å². The zero-order valence-electron chi connectivity index (χ0n) is 5.89. The Morgan fingerprint density at radius 3 is 2.73 bits per heavy atom. The molecule has 0 saturated heterocycles. The maximum absolute atomic E-state index is 11.0. The third kappa shape index (κ3) is 0.690. The Balaban J connectivity index is 2.60. The average molecular weight is 150 g/mol. The van der Waals surface area contributed by atoms with Crippen molar-refractivity contribution >= 4 is 17.4 Å². The fraction of sp³-hybridized carbons (Fsp3) is 0.143. The van der Waals surface area contributed by atoms with Crippen LogP contribution in [-0.2, 0) is 4.79 Å². The number of anilines is 1. The van der Waals surface area contributed by atoms with Gasteiger partial charge < -0.3 is 10.3 Å². The molecule has 0 atom stereocenters. The van der Waals surface area contributed by atoms with Gasteiger partial charge in [-0.25, -0.2) is 0 Å². The molecule has 4 heteroatoms. The van der Waals surface area contributed by atoms with E-state index in [4.69, 9.17) is 0 Å². The second-order valence-electron chi connectivity index (χ2n) is 2.52. The van der Waals surface area contributed by atoms with Crippen LogP contribution < -0.4 is 5.32 Å². The van der Waals surface area contributed by atoms with E-state index in [9.17, 15) is 9.59 Å². The number of carbonyl (C=O) groups is 2. The summed E-state index contributed by atoms with van der Waals surface area (Å²) in [6.45, 7) is 1.83. The summed E-state index contributed by atoms with van der Waals surface area (Å²) in [4.78, 5) is 24.5. The van der Waals surface area contributed by atoms with E-state index in [0.29, 0.717) is 11.4 Å². The number of aryl methyl sites for hydroxylation is 1. The SMILES string of the molecule is Cc1cc2c([nH]1)C(=O)C(=O)N2. The smallest absolute Gasteiger partial charge is 0.298 e. The second kappa shape index (κ2) is 1.72. The van der Waals surface area contributed by atoms with E-state index in [1.807, 2.05) is 6.92 Å². The molecular formula is C7H6N2O2. The number of hydrogen-bond acceptors (Lipinski definition) is 2. The Bertz CT molecular complexity index is 351. The first kappa shape index (κ1) is 6.15. The van der Waals surface area contributed by atoms with Gasteiger partial charge in [0.15, 0.2) is 0 Å². The Labute approximate surface area is 62.6 Å². The molecule has 1 aromatic heterocycles. The minimum Gasteiger partial charge on any atom is -0.354 e. The van der Waals surface area contributed by atoms with E-state index < -0.39 is 11.7 Å². The van der Waals surface area contributed by atoms with Crippen LogP contribution in [0.5, 0.6) is 0 Å². The first-order valence-electron chi connectivity index (χ1n) is 3.24. The molecule has 11 heavy (non-hydrogen) atoms. The number of Topliss-reactive ketones (excluding diaryl/α,β-unsaturated/α-hetero) is 1. The number of fused-ring (bicyclic) bond motifs is 1. The summed E-state index contributed by atoms with van der Waals surface area (Å²) in [6.07, 6.45) is 0. The molecular weight excluding hydrogens is 144 g/mol. The molecule has 0 aliphatic carbocycles. The van der Waals surface area contributed by atoms with Gasteiger partial charge in [0.05, 0.1) is 5.69 Å². The van der Waals surface area contributed by atoms with Crippen LogP contribution in [0.4, 0.5) is 5.69 Å². The third-order valence-electron chi connectivity index (χ3n) is 1.63. The van der Waals surface area contributed by atoms with E-state index in [-0.39, 0.29) is 0 Å². The number of H-pyrrole nitrogens is 1. The van der Waals surface area contributed by atoms with Crippen LogP contribution in [-0.4, -0.2) is 16.7 Å². The quantitative estimate of drug-likeness (QED) is 0.527. The van der Waals surface area contributed by atoms with Gasteiger partial charge >= 0.3 is 0 Å². The minimum absolute atomic E-state index is 0.382. The summed E-state index contributed by atoms with van der Waals surface area (Å²) in [5, 5.41) is 2.45. The summed E-state index contributed by atoms with van der Waals surface area (Å²) in [6, 6.07) is 1.73. The van der Waals surface area contributed by atoms with Crippen molar-refractivity contribution in [3.63, 3.8) is 0 Å². The molecule has 2 rings (SSSR count). The normalized spacial score (nSPS) is 15.0. The fourth-order valence-electron chi connectivity index (χ4n) is 1.16. The minimum atomic E-state index is -0.550. The number of aromatic nitrogens is 1. The molecule has 0 saturated carbocycles. The van der Waals surface area contributed by atoms with E-state index in [1.54, 1.807) is 6.07 Å². The van der Waals surface area contributed by atoms with Crippen molar-refractivity contribution in [1.29, 1.82) is 0 Å². The van der Waals surface area contributed by atoms with Crippen LogP contribution in [0.1, 0.15) is 16.2 Å². The van der Waals surface area contributed by atoms with Crippen molar-refractivity contribution in [2.24, 2.45) is 0 Å². The molecule has 1 aliphatic heterocycles. The first-order valence-corrected chi connectivity index (χ1v) is 3.24. The first-order chi connectivity index (χ1) is 5.18. The van der Waals surface area contributed by atoms with Gasteiger partial charge in [-0.2, -0.15) is 0 Å². The van der Waals surface area contributed by atoms with Gasteiger partial charge in [-0.3, -0.25) is 9.59 Å². The standard InChI is InChI=1S/C7H6N2O2/c1-3-2-4-5(8-3)6(10)7(11)9-4/h2,8H,1H3,(H,9,10,11). The van der Waals surface area contributed by atoms with Crippen molar-refractivity contribution in [1.82, 2.24) is 4.98 Å². The highest BCUT2D eigenvalue weighted by Gasteiger charge is 2.29. The van der Waals surface area contributed by atoms with E-state index in [2.05, 4.69) is 10.3 Å². The molecule has 0 radical (unpaired) electrons. The highest BCUT2D eigenvalue weighted by Crippen LogP contribution is 2.22. The highest BCUT2D eigenvalue weighted by molar-refractivity contribution is 6.51. The van der Waals surface area contributed by atoms with Gasteiger partial charge in [-0.15, -0.1) is 0 Å². The Morgan fingerprint density at radius 2 is 2.09 bits per heavy atom. The fourth-order valence-corrected chi connectivity index (χ4v) is 1.16. The van der Waals surface area contributed by atoms with E-state index in [0.717, 1.165) is 5.69 Å². The van der Waals surface area contributed by atoms with Crippen LogP contribution in [0.3, 0.4) is 0 Å². The number of rotatable bonds is 0. The molecule has 0 spiro atoms. The Hall–Kier alpha value is -1.58. The number of aromatic amines is 1. The summed E-state index contributed by atoms with van der Waals surface area (Å²) >= 11 is 0. The summed E-state index contributed by atoms with van der Waals surface area (Å²) in [5.74, 6) is -1.03. The maximum atomic E-state index is 11.0. The summed E-state index contributed by atoms with van der Waals surface area (Å²) in [7, 11) is 0. The number of nitrogens with one attached hydrogen (secondary N) is 2. The molecule has 0 aromatic carbocycles. The zero-order chi connectivity index (χ0) is 8.01. The van der Waals surface area contributed by atoms with Crippen LogP contribution in [0.15, 0.2) is 6.07 Å². The molecule has 56 valence electrons. The second-order valence-corrected chi connectivity index (χ2v) is 2.52. The lowest BCUT2D eigenvalue weighted by atomic mass is 10.3. The molecule has 2 N–H and O–H groups in total. The van der Waals surface area contributed by atoms with Gasteiger partial charge in [0.1, 0.15) is 5.69 Å². The number of amides is 1. The molecule has 4 nitrogen and oxygen atoms in total. The predicted molar refractivity (Wildman–Crippen MR) is 38.5 cm³/mol. The van der Waals surface area contributed by atoms with Gasteiger partial charge in [-0.05, 0) is 13.0 Å². The molecule has 2 heterocycles. The largest absolute Gasteiger partial charge is 0.354 e. The van der Waals surface area contributed by atoms with Crippen molar-refractivity contribution in [3.8, 4) is 0 Å². The van der Waals surface area contributed by atoms with Crippen LogP contribution in [0.25, 0.3) is 0 Å². The number of carbonyl (C=O) groups excluding carboxylic acids is 2. The maximum Gasteiger partial charge on any atom is 0.298 e. The van der Waals surface area contributed by atoms with E-state index in [1.165, 1.54) is 0 Å². The lowest BCUT2D eigenvalue weighted by Crippen LogP contribution is -2.13. The summed E-state index contributed by atoms with van der Waals surface area (Å²) < 4.78 is 0. The van der Waals surface area contributed by atoms with Crippen molar-refractivity contribution in [2.45, 2.75) is 6.92 Å².